The highest BCUT2D eigenvalue weighted by molar-refractivity contribution is 6.32. The summed E-state index contributed by atoms with van der Waals surface area (Å²) in [4.78, 5) is 2.47. The van der Waals surface area contributed by atoms with Crippen molar-refractivity contribution in [2.75, 3.05) is 33.9 Å². The summed E-state index contributed by atoms with van der Waals surface area (Å²) in [5.74, 6) is 1.33. The zero-order chi connectivity index (χ0) is 13.0. The van der Waals surface area contributed by atoms with Gasteiger partial charge in [0.15, 0.2) is 11.5 Å². The lowest BCUT2D eigenvalue weighted by atomic mass is 10.1. The van der Waals surface area contributed by atoms with Crippen molar-refractivity contribution in [1.82, 2.24) is 4.90 Å². The van der Waals surface area contributed by atoms with Gasteiger partial charge in [-0.2, -0.15) is 0 Å². The van der Waals surface area contributed by atoms with Crippen LogP contribution in [0.5, 0.6) is 11.5 Å². The first-order valence-corrected chi connectivity index (χ1v) is 6.75. The first-order valence-electron chi connectivity index (χ1n) is 6.37. The monoisotopic (exact) mass is 269 g/mol. The SMILES string of the molecule is COc1cc(CCCN2CCC2)cc(Cl)c1OC. The van der Waals surface area contributed by atoms with E-state index in [1.807, 2.05) is 12.1 Å². The van der Waals surface area contributed by atoms with Crippen molar-refractivity contribution in [3.8, 4) is 11.5 Å². The van der Waals surface area contributed by atoms with Gasteiger partial charge in [0.2, 0.25) is 0 Å². The van der Waals surface area contributed by atoms with Crippen LogP contribution in [0.3, 0.4) is 0 Å². The Hall–Kier alpha value is -0.930. The average molecular weight is 270 g/mol. The molecule has 0 saturated carbocycles. The zero-order valence-corrected chi connectivity index (χ0v) is 11.8. The molecule has 0 radical (unpaired) electrons. The van der Waals surface area contributed by atoms with E-state index in [0.717, 1.165) is 12.8 Å². The maximum Gasteiger partial charge on any atom is 0.179 e. The van der Waals surface area contributed by atoms with Crippen LogP contribution in [-0.2, 0) is 6.42 Å². The Morgan fingerprint density at radius 2 is 2.00 bits per heavy atom. The van der Waals surface area contributed by atoms with E-state index in [2.05, 4.69) is 4.90 Å². The van der Waals surface area contributed by atoms with E-state index in [-0.39, 0.29) is 0 Å². The van der Waals surface area contributed by atoms with Crippen LogP contribution in [0.2, 0.25) is 5.02 Å². The van der Waals surface area contributed by atoms with Crippen molar-refractivity contribution in [2.24, 2.45) is 0 Å². The molecule has 0 amide bonds. The summed E-state index contributed by atoms with van der Waals surface area (Å²) in [6.07, 6.45) is 3.53. The first-order chi connectivity index (χ1) is 8.74. The van der Waals surface area contributed by atoms with E-state index in [0.29, 0.717) is 16.5 Å². The van der Waals surface area contributed by atoms with Crippen LogP contribution in [0.25, 0.3) is 0 Å². The smallest absolute Gasteiger partial charge is 0.179 e. The topological polar surface area (TPSA) is 21.7 Å². The third-order valence-corrected chi connectivity index (χ3v) is 3.66. The molecule has 1 heterocycles. The highest BCUT2D eigenvalue weighted by Crippen LogP contribution is 2.36. The van der Waals surface area contributed by atoms with Gasteiger partial charge in [-0.1, -0.05) is 11.6 Å². The van der Waals surface area contributed by atoms with Crippen molar-refractivity contribution in [3.63, 3.8) is 0 Å². The number of likely N-dealkylation sites (tertiary alicyclic amines) is 1. The Balaban J connectivity index is 1.96. The van der Waals surface area contributed by atoms with Gasteiger partial charge in [-0.05, 0) is 56.6 Å². The minimum atomic E-state index is 0.616. The number of hydrogen-bond donors (Lipinski definition) is 0. The standard InChI is InChI=1S/C14H20ClNO2/c1-17-13-10-11(9-12(15)14(13)18-2)5-3-6-16-7-4-8-16/h9-10H,3-8H2,1-2H3. The predicted octanol–water partition coefficient (Wildman–Crippen LogP) is 3.00. The number of rotatable bonds is 6. The van der Waals surface area contributed by atoms with Gasteiger partial charge in [0.25, 0.3) is 0 Å². The molecule has 0 bridgehead atoms. The Morgan fingerprint density at radius 3 is 2.56 bits per heavy atom. The maximum atomic E-state index is 6.18. The third-order valence-electron chi connectivity index (χ3n) is 3.38. The number of aryl methyl sites for hydroxylation is 1. The molecule has 1 fully saturated rings. The van der Waals surface area contributed by atoms with Gasteiger partial charge in [-0.3, -0.25) is 0 Å². The fourth-order valence-electron chi connectivity index (χ4n) is 2.23. The summed E-state index contributed by atoms with van der Waals surface area (Å²) < 4.78 is 10.5. The molecule has 1 aliphatic rings. The minimum absolute atomic E-state index is 0.616. The quantitative estimate of drug-likeness (QED) is 0.792. The zero-order valence-electron chi connectivity index (χ0n) is 11.0. The van der Waals surface area contributed by atoms with E-state index < -0.39 is 0 Å². The van der Waals surface area contributed by atoms with Crippen molar-refractivity contribution in [3.05, 3.63) is 22.7 Å². The van der Waals surface area contributed by atoms with Crippen molar-refractivity contribution < 1.29 is 9.47 Å². The lowest BCUT2D eigenvalue weighted by molar-refractivity contribution is 0.179. The van der Waals surface area contributed by atoms with Crippen LogP contribution >= 0.6 is 11.6 Å². The number of halogens is 1. The summed E-state index contributed by atoms with van der Waals surface area (Å²) in [6.45, 7) is 3.69. The Morgan fingerprint density at radius 1 is 1.22 bits per heavy atom. The van der Waals surface area contributed by atoms with Crippen molar-refractivity contribution >= 4 is 11.6 Å². The molecule has 0 spiro atoms. The summed E-state index contributed by atoms with van der Waals surface area (Å²) in [5.41, 5.74) is 1.21. The van der Waals surface area contributed by atoms with Crippen LogP contribution in [0.1, 0.15) is 18.4 Å². The third kappa shape index (κ3) is 3.09. The van der Waals surface area contributed by atoms with Crippen molar-refractivity contribution in [1.29, 1.82) is 0 Å². The first kappa shape index (κ1) is 13.5. The largest absolute Gasteiger partial charge is 0.493 e. The van der Waals surface area contributed by atoms with Crippen LogP contribution in [0.15, 0.2) is 12.1 Å². The molecule has 3 nitrogen and oxygen atoms in total. The highest BCUT2D eigenvalue weighted by atomic mass is 35.5. The number of methoxy groups -OCH3 is 2. The molecule has 1 saturated heterocycles. The van der Waals surface area contributed by atoms with Gasteiger partial charge >= 0.3 is 0 Å². The van der Waals surface area contributed by atoms with E-state index >= 15 is 0 Å². The summed E-state index contributed by atoms with van der Waals surface area (Å²) in [6, 6.07) is 3.99. The Labute approximate surface area is 114 Å². The molecule has 1 aromatic carbocycles. The second-order valence-corrected chi connectivity index (χ2v) is 5.02. The molecule has 0 aliphatic carbocycles. The van der Waals surface area contributed by atoms with Crippen LogP contribution < -0.4 is 9.47 Å². The van der Waals surface area contributed by atoms with Crippen LogP contribution in [0, 0.1) is 0 Å². The molecule has 4 heteroatoms. The van der Waals surface area contributed by atoms with Gasteiger partial charge < -0.3 is 14.4 Å². The van der Waals surface area contributed by atoms with Gasteiger partial charge in [-0.15, -0.1) is 0 Å². The predicted molar refractivity (Wildman–Crippen MR) is 73.9 cm³/mol. The van der Waals surface area contributed by atoms with E-state index in [4.69, 9.17) is 21.1 Å². The summed E-state index contributed by atoms with van der Waals surface area (Å²) >= 11 is 6.18. The van der Waals surface area contributed by atoms with Crippen LogP contribution in [0.4, 0.5) is 0 Å². The molecule has 18 heavy (non-hydrogen) atoms. The Bertz CT molecular complexity index is 405. The number of ether oxygens (including phenoxy) is 2. The fourth-order valence-corrected chi connectivity index (χ4v) is 2.54. The maximum absolute atomic E-state index is 6.18. The Kier molecular flexibility index (Phi) is 4.72. The fraction of sp³-hybridized carbons (Fsp3) is 0.571. The number of hydrogen-bond acceptors (Lipinski definition) is 3. The average Bonchev–Trinajstić information content (AvgIpc) is 2.31. The van der Waals surface area contributed by atoms with Gasteiger partial charge in [0.05, 0.1) is 19.2 Å². The highest BCUT2D eigenvalue weighted by Gasteiger charge is 2.14. The molecule has 0 N–H and O–H groups in total. The minimum Gasteiger partial charge on any atom is -0.493 e. The van der Waals surface area contributed by atoms with Gasteiger partial charge in [-0.25, -0.2) is 0 Å². The molecule has 2 rings (SSSR count). The summed E-state index contributed by atoms with van der Waals surface area (Å²) in [7, 11) is 3.24. The van der Waals surface area contributed by atoms with E-state index in [1.54, 1.807) is 14.2 Å². The van der Waals surface area contributed by atoms with Gasteiger partial charge in [0.1, 0.15) is 0 Å². The molecular weight excluding hydrogens is 250 g/mol. The molecule has 1 aliphatic heterocycles. The molecule has 0 atom stereocenters. The second-order valence-electron chi connectivity index (χ2n) is 4.61. The number of nitrogens with zero attached hydrogens (tertiary/aromatic N) is 1. The van der Waals surface area contributed by atoms with E-state index in [1.165, 1.54) is 31.6 Å². The normalized spacial score (nSPS) is 15.3. The number of benzene rings is 1. The lowest BCUT2D eigenvalue weighted by Gasteiger charge is -2.30. The van der Waals surface area contributed by atoms with Gasteiger partial charge in [0, 0.05) is 0 Å². The molecule has 1 aromatic rings. The molecular formula is C14H20ClNO2. The van der Waals surface area contributed by atoms with E-state index in [9.17, 15) is 0 Å². The lowest BCUT2D eigenvalue weighted by Crippen LogP contribution is -2.37. The molecule has 100 valence electrons. The molecule has 0 aromatic heterocycles. The summed E-state index contributed by atoms with van der Waals surface area (Å²) in [5, 5.41) is 0.621. The molecule has 0 unspecified atom stereocenters. The van der Waals surface area contributed by atoms with Crippen molar-refractivity contribution in [2.45, 2.75) is 19.3 Å². The second kappa shape index (κ2) is 6.30. The van der Waals surface area contributed by atoms with Crippen LogP contribution in [-0.4, -0.2) is 38.8 Å².